The molecule has 0 fully saturated rings. The van der Waals surface area contributed by atoms with Gasteiger partial charge in [0.1, 0.15) is 0 Å². The van der Waals surface area contributed by atoms with Crippen LogP contribution in [0.25, 0.3) is 0 Å². The lowest BCUT2D eigenvalue weighted by Gasteiger charge is -2.03. The van der Waals surface area contributed by atoms with Gasteiger partial charge in [-0.25, -0.2) is 4.79 Å². The number of alkyl halides is 3. The van der Waals surface area contributed by atoms with Gasteiger partial charge in [0, 0.05) is 0 Å². The highest BCUT2D eigenvalue weighted by Crippen LogP contribution is 2.03. The molecule has 0 aromatic heterocycles. The Kier molecular flexibility index (Phi) is 3.68. The molecule has 0 spiro atoms. The Morgan fingerprint density at radius 2 is 2.11 bits per heavy atom. The van der Waals surface area contributed by atoms with Crippen LogP contribution in [0.4, 0.5) is 8.78 Å². The van der Waals surface area contributed by atoms with Gasteiger partial charge in [0.25, 0.3) is 0 Å². The van der Waals surface area contributed by atoms with Crippen molar-refractivity contribution < 1.29 is 18.3 Å². The summed E-state index contributed by atoms with van der Waals surface area (Å²) in [7, 11) is 0. The molecule has 1 unspecified atom stereocenters. The van der Waals surface area contributed by atoms with E-state index in [9.17, 15) is 13.6 Å². The zero-order valence-corrected chi connectivity index (χ0v) is 6.19. The van der Waals surface area contributed by atoms with Crippen LogP contribution >= 0.6 is 15.9 Å². The van der Waals surface area contributed by atoms with Gasteiger partial charge in [0.15, 0.2) is 5.01 Å². The van der Waals surface area contributed by atoms with Crippen LogP contribution < -0.4 is 0 Å². The van der Waals surface area contributed by atoms with Crippen LogP contribution in [0.3, 0.4) is 0 Å². The minimum atomic E-state index is -3.04. The van der Waals surface area contributed by atoms with Crippen molar-refractivity contribution in [1.82, 2.24) is 0 Å². The molecular formula is C4H5BrF2O2. The number of esters is 1. The van der Waals surface area contributed by atoms with Crippen LogP contribution in [0.15, 0.2) is 0 Å². The van der Waals surface area contributed by atoms with Gasteiger partial charge < -0.3 is 4.74 Å². The van der Waals surface area contributed by atoms with Crippen LogP contribution in [0.2, 0.25) is 0 Å². The SMILES string of the molecule is CC(Br)OC(=O)C(F)F. The molecule has 0 aromatic rings. The highest BCUT2D eigenvalue weighted by atomic mass is 79.9. The molecule has 2 nitrogen and oxygen atoms in total. The van der Waals surface area contributed by atoms with Gasteiger partial charge >= 0.3 is 12.4 Å². The van der Waals surface area contributed by atoms with Crippen LogP contribution in [0.5, 0.6) is 0 Å². The first-order valence-electron chi connectivity index (χ1n) is 2.16. The first kappa shape index (κ1) is 8.81. The Bertz CT molecular complexity index is 105. The first-order chi connectivity index (χ1) is 4.04. The maximum atomic E-state index is 11.3. The van der Waals surface area contributed by atoms with E-state index in [0.29, 0.717) is 0 Å². The molecule has 9 heavy (non-hydrogen) atoms. The second-order valence-electron chi connectivity index (χ2n) is 1.28. The lowest BCUT2D eigenvalue weighted by Crippen LogP contribution is -2.16. The van der Waals surface area contributed by atoms with Crippen molar-refractivity contribution in [3.8, 4) is 0 Å². The summed E-state index contributed by atoms with van der Waals surface area (Å²) in [5.41, 5.74) is 0. The molecule has 0 rings (SSSR count). The maximum Gasteiger partial charge on any atom is 0.374 e. The van der Waals surface area contributed by atoms with Crippen molar-refractivity contribution in [2.24, 2.45) is 0 Å². The zero-order valence-electron chi connectivity index (χ0n) is 4.61. The maximum absolute atomic E-state index is 11.3. The van der Waals surface area contributed by atoms with Gasteiger partial charge in [-0.3, -0.25) is 0 Å². The minimum Gasteiger partial charge on any atom is -0.447 e. The average Bonchev–Trinajstić information content (AvgIpc) is 1.63. The van der Waals surface area contributed by atoms with Crippen molar-refractivity contribution in [2.45, 2.75) is 18.4 Å². The number of carbonyl (C=O) groups excluding carboxylic acids is 1. The Morgan fingerprint density at radius 1 is 1.67 bits per heavy atom. The summed E-state index contributed by atoms with van der Waals surface area (Å²) in [5, 5.41) is -0.654. The van der Waals surface area contributed by atoms with E-state index in [1.54, 1.807) is 0 Å². The van der Waals surface area contributed by atoms with Crippen LogP contribution in [-0.2, 0) is 9.53 Å². The molecule has 0 aliphatic heterocycles. The number of halogens is 3. The summed E-state index contributed by atoms with van der Waals surface area (Å²) in [4.78, 5) is 9.95. The van der Waals surface area contributed by atoms with Gasteiger partial charge in [-0.15, -0.1) is 0 Å². The molecular weight excluding hydrogens is 198 g/mol. The van der Waals surface area contributed by atoms with Crippen LogP contribution in [0, 0.1) is 0 Å². The quantitative estimate of drug-likeness (QED) is 0.502. The number of hydrogen-bond acceptors (Lipinski definition) is 2. The summed E-state index contributed by atoms with van der Waals surface area (Å²) in [6.45, 7) is 1.43. The smallest absolute Gasteiger partial charge is 0.374 e. The summed E-state index contributed by atoms with van der Waals surface area (Å²) in [5.74, 6) is -1.50. The van der Waals surface area contributed by atoms with E-state index in [2.05, 4.69) is 20.7 Å². The molecule has 0 N–H and O–H groups in total. The molecule has 1 atom stereocenters. The molecule has 0 saturated heterocycles. The molecule has 0 aliphatic rings. The van der Waals surface area contributed by atoms with Crippen molar-refractivity contribution in [2.75, 3.05) is 0 Å². The molecule has 54 valence electrons. The van der Waals surface area contributed by atoms with E-state index in [-0.39, 0.29) is 0 Å². The van der Waals surface area contributed by atoms with E-state index < -0.39 is 17.4 Å². The molecule has 0 aromatic carbocycles. The summed E-state index contributed by atoms with van der Waals surface area (Å²) < 4.78 is 26.6. The number of carbonyl (C=O) groups is 1. The summed E-state index contributed by atoms with van der Waals surface area (Å²) in [6.07, 6.45) is -3.04. The second kappa shape index (κ2) is 3.76. The molecule has 0 radical (unpaired) electrons. The van der Waals surface area contributed by atoms with E-state index in [0.717, 1.165) is 0 Å². The monoisotopic (exact) mass is 202 g/mol. The second-order valence-corrected chi connectivity index (χ2v) is 2.57. The van der Waals surface area contributed by atoms with E-state index in [1.807, 2.05) is 0 Å². The third kappa shape index (κ3) is 4.32. The third-order valence-electron chi connectivity index (χ3n) is 0.457. The first-order valence-corrected chi connectivity index (χ1v) is 3.08. The third-order valence-corrected chi connectivity index (χ3v) is 0.644. The highest BCUT2D eigenvalue weighted by molar-refractivity contribution is 9.09. The topological polar surface area (TPSA) is 26.3 Å². The normalized spacial score (nSPS) is 13.4. The minimum absolute atomic E-state index is 0.654. The Morgan fingerprint density at radius 3 is 2.22 bits per heavy atom. The van der Waals surface area contributed by atoms with E-state index in [4.69, 9.17) is 0 Å². The summed E-state index contributed by atoms with van der Waals surface area (Å²) >= 11 is 2.77. The number of hydrogen-bond donors (Lipinski definition) is 0. The fourth-order valence-electron chi connectivity index (χ4n) is 0.211. The van der Waals surface area contributed by atoms with Gasteiger partial charge in [0.05, 0.1) is 0 Å². The van der Waals surface area contributed by atoms with Gasteiger partial charge in [-0.2, -0.15) is 8.78 Å². The molecule has 0 heterocycles. The average molecular weight is 203 g/mol. The van der Waals surface area contributed by atoms with Gasteiger partial charge in [-0.1, -0.05) is 0 Å². The Balaban J connectivity index is 3.51. The Hall–Kier alpha value is -0.190. The van der Waals surface area contributed by atoms with Crippen molar-refractivity contribution >= 4 is 21.9 Å². The fraction of sp³-hybridized carbons (Fsp3) is 0.750. The largest absolute Gasteiger partial charge is 0.447 e. The standard InChI is InChI=1S/C4H5BrF2O2/c1-2(5)9-4(8)3(6)7/h2-3H,1H3. The molecule has 0 saturated carbocycles. The molecule has 0 amide bonds. The highest BCUT2D eigenvalue weighted by Gasteiger charge is 2.17. The molecule has 5 heteroatoms. The predicted octanol–water partition coefficient (Wildman–Crippen LogP) is 1.54. The van der Waals surface area contributed by atoms with Gasteiger partial charge in [-0.05, 0) is 22.9 Å². The molecule has 0 bridgehead atoms. The van der Waals surface area contributed by atoms with Crippen molar-refractivity contribution in [3.63, 3.8) is 0 Å². The summed E-state index contributed by atoms with van der Waals surface area (Å²) in [6, 6.07) is 0. The fourth-order valence-corrected chi connectivity index (χ4v) is 0.396. The number of rotatable bonds is 2. The van der Waals surface area contributed by atoms with E-state index >= 15 is 0 Å². The molecule has 0 aliphatic carbocycles. The lowest BCUT2D eigenvalue weighted by molar-refractivity contribution is -0.157. The van der Waals surface area contributed by atoms with Crippen LogP contribution in [-0.4, -0.2) is 17.4 Å². The Labute approximate surface area is 59.3 Å². The van der Waals surface area contributed by atoms with Crippen molar-refractivity contribution in [3.05, 3.63) is 0 Å². The number of ether oxygens (including phenoxy) is 1. The predicted molar refractivity (Wildman–Crippen MR) is 30.5 cm³/mol. The van der Waals surface area contributed by atoms with Crippen LogP contribution in [0.1, 0.15) is 6.92 Å². The zero-order chi connectivity index (χ0) is 7.44. The van der Waals surface area contributed by atoms with Crippen molar-refractivity contribution in [1.29, 1.82) is 0 Å². The van der Waals surface area contributed by atoms with E-state index in [1.165, 1.54) is 6.92 Å². The van der Waals surface area contributed by atoms with Gasteiger partial charge in [0.2, 0.25) is 0 Å². The lowest BCUT2D eigenvalue weighted by atomic mass is 10.7.